The summed E-state index contributed by atoms with van der Waals surface area (Å²) >= 11 is 0. The molecule has 0 aliphatic heterocycles. The van der Waals surface area contributed by atoms with Gasteiger partial charge in [-0.1, -0.05) is 330 Å². The van der Waals surface area contributed by atoms with Crippen molar-refractivity contribution in [3.05, 3.63) is 0 Å². The summed E-state index contributed by atoms with van der Waals surface area (Å²) in [6.07, 6.45) is 54.1. The van der Waals surface area contributed by atoms with E-state index in [4.69, 9.17) is 37.0 Å². The maximum absolute atomic E-state index is 13.1. The summed E-state index contributed by atoms with van der Waals surface area (Å²) in [4.78, 5) is 72.6. The van der Waals surface area contributed by atoms with Crippen LogP contribution in [0.2, 0.25) is 0 Å². The predicted molar refractivity (Wildman–Crippen MR) is 372 cm³/mol. The zero-order valence-corrected chi connectivity index (χ0v) is 61.5. The van der Waals surface area contributed by atoms with Gasteiger partial charge in [-0.05, 0) is 31.6 Å². The van der Waals surface area contributed by atoms with Crippen LogP contribution in [0.5, 0.6) is 0 Å². The van der Waals surface area contributed by atoms with Gasteiger partial charge in [-0.2, -0.15) is 0 Å². The molecule has 0 aliphatic carbocycles. The Morgan fingerprint density at radius 1 is 0.293 bits per heavy atom. The molecular formula is C73H142O17P2. The summed E-state index contributed by atoms with van der Waals surface area (Å²) in [6.45, 7) is 7.25. The Labute approximate surface area is 562 Å². The monoisotopic (exact) mass is 1350 g/mol. The Kier molecular flexibility index (Phi) is 64.9. The van der Waals surface area contributed by atoms with Crippen LogP contribution in [0.3, 0.4) is 0 Å². The highest BCUT2D eigenvalue weighted by atomic mass is 31.2. The third-order valence-electron chi connectivity index (χ3n) is 17.0. The van der Waals surface area contributed by atoms with Crippen LogP contribution >= 0.6 is 15.6 Å². The second kappa shape index (κ2) is 66.3. The molecule has 0 aromatic rings. The van der Waals surface area contributed by atoms with E-state index in [0.717, 1.165) is 109 Å². The number of aliphatic hydroxyl groups excluding tert-OH is 1. The van der Waals surface area contributed by atoms with E-state index in [1.54, 1.807) is 0 Å². The number of phosphoric acid groups is 2. The lowest BCUT2D eigenvalue weighted by atomic mass is 10.0. The molecule has 2 unspecified atom stereocenters. The number of esters is 4. The molecule has 0 spiro atoms. The van der Waals surface area contributed by atoms with Crippen molar-refractivity contribution in [2.24, 2.45) is 5.92 Å². The van der Waals surface area contributed by atoms with E-state index >= 15 is 0 Å². The summed E-state index contributed by atoms with van der Waals surface area (Å²) in [5.41, 5.74) is 0. The van der Waals surface area contributed by atoms with Gasteiger partial charge in [0.1, 0.15) is 19.3 Å². The highest BCUT2D eigenvalue weighted by molar-refractivity contribution is 7.47. The fourth-order valence-electron chi connectivity index (χ4n) is 11.2. The molecule has 0 heterocycles. The van der Waals surface area contributed by atoms with Gasteiger partial charge in [0, 0.05) is 25.7 Å². The van der Waals surface area contributed by atoms with E-state index in [1.807, 2.05) is 0 Å². The number of ether oxygens (including phenoxy) is 4. The van der Waals surface area contributed by atoms with Gasteiger partial charge in [0.05, 0.1) is 26.4 Å². The van der Waals surface area contributed by atoms with E-state index in [0.29, 0.717) is 25.7 Å². The molecule has 0 amide bonds. The van der Waals surface area contributed by atoms with Crippen molar-refractivity contribution in [1.29, 1.82) is 0 Å². The van der Waals surface area contributed by atoms with Gasteiger partial charge < -0.3 is 33.8 Å². The van der Waals surface area contributed by atoms with Crippen molar-refractivity contribution in [3.63, 3.8) is 0 Å². The zero-order chi connectivity index (χ0) is 67.7. The van der Waals surface area contributed by atoms with Crippen LogP contribution in [-0.2, 0) is 65.4 Å². The molecule has 3 N–H and O–H groups in total. The van der Waals surface area contributed by atoms with E-state index < -0.39 is 97.5 Å². The number of carbonyl (C=O) groups is 4. The first kappa shape index (κ1) is 90.1. The standard InChI is InChI=1S/C73H142O17P2/c1-6-9-12-15-18-20-22-24-25-26-30-33-37-42-47-52-57-71(76)84-63-69(90-73(78)59-54-49-44-39-35-31-27-29-32-36-41-45-50-55-66(4)5)65-88-92(81,82)86-61-67(74)60-85-91(79,80)87-64-68(62-83-70(75)56-51-46-40-17-14-11-8-3)89-72(77)58-53-48-43-38-34-28-23-21-19-16-13-10-7-2/h66-69,74H,6-65H2,1-5H3,(H,79,80)(H,81,82)/t67-,68+,69+/m0/s1. The molecule has 17 nitrogen and oxygen atoms in total. The molecule has 0 rings (SSSR count). The molecule has 0 radical (unpaired) electrons. The minimum Gasteiger partial charge on any atom is -0.462 e. The number of phosphoric ester groups is 2. The fourth-order valence-corrected chi connectivity index (χ4v) is 12.8. The molecule has 0 aromatic heterocycles. The van der Waals surface area contributed by atoms with Crippen molar-refractivity contribution >= 4 is 39.5 Å². The van der Waals surface area contributed by atoms with Crippen LogP contribution in [0.4, 0.5) is 0 Å². The highest BCUT2D eigenvalue weighted by Gasteiger charge is 2.30. The second-order valence-electron chi connectivity index (χ2n) is 26.8. The maximum atomic E-state index is 13.1. The SMILES string of the molecule is CCCCCCCCCCCCCCCCCCC(=O)OC[C@H](COP(=O)(O)OC[C@@H](O)COP(=O)(O)OC[C@@H](COC(=O)CCCCCCCCC)OC(=O)CCCCCCCCCCCCCCC)OC(=O)CCCCCCCCCCCCCCCC(C)C. The van der Waals surface area contributed by atoms with Crippen LogP contribution < -0.4 is 0 Å². The van der Waals surface area contributed by atoms with E-state index in [9.17, 15) is 43.2 Å². The molecule has 5 atom stereocenters. The Bertz CT molecular complexity index is 1770. The molecule has 0 fully saturated rings. The van der Waals surface area contributed by atoms with Crippen LogP contribution in [0.1, 0.15) is 381 Å². The van der Waals surface area contributed by atoms with Gasteiger partial charge in [0.25, 0.3) is 0 Å². The summed E-state index contributed by atoms with van der Waals surface area (Å²) in [6, 6.07) is 0. The average molecular weight is 1350 g/mol. The Hall–Kier alpha value is -1.94. The Balaban J connectivity index is 5.20. The maximum Gasteiger partial charge on any atom is 0.472 e. The third kappa shape index (κ3) is 66.7. The minimum atomic E-state index is -4.95. The molecule has 0 saturated carbocycles. The fraction of sp³-hybridized carbons (Fsp3) is 0.945. The van der Waals surface area contributed by atoms with Crippen molar-refractivity contribution in [2.75, 3.05) is 39.6 Å². The third-order valence-corrected chi connectivity index (χ3v) is 18.9. The van der Waals surface area contributed by atoms with Gasteiger partial charge in [-0.15, -0.1) is 0 Å². The summed E-state index contributed by atoms with van der Waals surface area (Å²) in [7, 11) is -9.90. The van der Waals surface area contributed by atoms with Gasteiger partial charge in [0.2, 0.25) is 0 Å². The van der Waals surface area contributed by atoms with Crippen molar-refractivity contribution in [3.8, 4) is 0 Å². The molecule has 0 aliphatic rings. The van der Waals surface area contributed by atoms with E-state index in [-0.39, 0.29) is 25.7 Å². The van der Waals surface area contributed by atoms with Gasteiger partial charge in [-0.3, -0.25) is 37.3 Å². The van der Waals surface area contributed by atoms with Crippen LogP contribution in [0.25, 0.3) is 0 Å². The van der Waals surface area contributed by atoms with Gasteiger partial charge in [-0.25, -0.2) is 9.13 Å². The van der Waals surface area contributed by atoms with Crippen molar-refractivity contribution in [1.82, 2.24) is 0 Å². The molecule has 546 valence electrons. The largest absolute Gasteiger partial charge is 0.472 e. The molecule has 0 aromatic carbocycles. The quantitative estimate of drug-likeness (QED) is 0.0222. The summed E-state index contributed by atoms with van der Waals surface area (Å²) < 4.78 is 68.3. The first-order valence-electron chi connectivity index (χ1n) is 38.1. The Morgan fingerprint density at radius 3 is 0.739 bits per heavy atom. The predicted octanol–water partition coefficient (Wildman–Crippen LogP) is 21.3. The number of unbranched alkanes of at least 4 members (excludes halogenated alkanes) is 45. The van der Waals surface area contributed by atoms with Crippen LogP contribution in [-0.4, -0.2) is 96.7 Å². The normalized spacial score (nSPS) is 14.0. The first-order valence-corrected chi connectivity index (χ1v) is 41.1. The van der Waals surface area contributed by atoms with E-state index in [1.165, 1.54) is 193 Å². The number of rotatable bonds is 73. The smallest absolute Gasteiger partial charge is 0.462 e. The summed E-state index contributed by atoms with van der Waals surface area (Å²) in [5.74, 6) is -1.33. The van der Waals surface area contributed by atoms with Crippen LogP contribution in [0, 0.1) is 5.92 Å². The molecule has 0 bridgehead atoms. The number of carbonyl (C=O) groups excluding carboxylic acids is 4. The first-order chi connectivity index (χ1) is 44.5. The minimum absolute atomic E-state index is 0.107. The summed E-state index contributed by atoms with van der Waals surface area (Å²) in [5, 5.41) is 10.6. The van der Waals surface area contributed by atoms with Crippen LogP contribution in [0.15, 0.2) is 0 Å². The second-order valence-corrected chi connectivity index (χ2v) is 29.7. The molecular weight excluding hydrogens is 1210 g/mol. The number of hydrogen-bond acceptors (Lipinski definition) is 15. The lowest BCUT2D eigenvalue weighted by molar-refractivity contribution is -0.161. The number of aliphatic hydroxyl groups is 1. The van der Waals surface area contributed by atoms with Crippen molar-refractivity contribution < 1.29 is 80.2 Å². The lowest BCUT2D eigenvalue weighted by Gasteiger charge is -2.21. The molecule has 0 saturated heterocycles. The number of hydrogen-bond donors (Lipinski definition) is 3. The average Bonchev–Trinajstić information content (AvgIpc) is 1.51. The molecule has 19 heteroatoms. The zero-order valence-electron chi connectivity index (χ0n) is 59.7. The highest BCUT2D eigenvalue weighted by Crippen LogP contribution is 2.45. The van der Waals surface area contributed by atoms with Gasteiger partial charge >= 0.3 is 39.5 Å². The van der Waals surface area contributed by atoms with Gasteiger partial charge in [0.15, 0.2) is 12.2 Å². The molecule has 92 heavy (non-hydrogen) atoms. The van der Waals surface area contributed by atoms with Crippen molar-refractivity contribution in [2.45, 2.75) is 400 Å². The topological polar surface area (TPSA) is 237 Å². The lowest BCUT2D eigenvalue weighted by Crippen LogP contribution is -2.30. The van der Waals surface area contributed by atoms with E-state index in [2.05, 4.69) is 34.6 Å². The Morgan fingerprint density at radius 2 is 0.500 bits per heavy atom.